The monoisotopic (exact) mass is 383 g/mol. The second-order valence-electron chi connectivity index (χ2n) is 5.89. The predicted octanol–water partition coefficient (Wildman–Crippen LogP) is 4.44. The quantitative estimate of drug-likeness (QED) is 0.729. The second-order valence-corrected chi connectivity index (χ2v) is 7.36. The van der Waals surface area contributed by atoms with Gasteiger partial charge >= 0.3 is 0 Å². The number of hydrogen-bond donors (Lipinski definition) is 1. The molecule has 136 valence electrons. The summed E-state index contributed by atoms with van der Waals surface area (Å²) in [5.41, 5.74) is 0.367. The van der Waals surface area contributed by atoms with Gasteiger partial charge in [0.1, 0.15) is 5.01 Å². The second kappa shape index (κ2) is 9.01. The molecule has 1 heterocycles. The summed E-state index contributed by atoms with van der Waals surface area (Å²) in [5.74, 6) is 1.02. The van der Waals surface area contributed by atoms with E-state index in [-0.39, 0.29) is 5.91 Å². The predicted molar refractivity (Wildman–Crippen MR) is 100 cm³/mol. The number of anilines is 1. The van der Waals surface area contributed by atoms with E-state index in [2.05, 4.69) is 29.4 Å². The summed E-state index contributed by atoms with van der Waals surface area (Å²) >= 11 is 7.62. The van der Waals surface area contributed by atoms with Gasteiger partial charge in [-0.2, -0.15) is 0 Å². The Morgan fingerprint density at radius 1 is 1.36 bits per heavy atom. The highest BCUT2D eigenvalue weighted by atomic mass is 35.5. The lowest BCUT2D eigenvalue weighted by atomic mass is 10.1. The van der Waals surface area contributed by atoms with Gasteiger partial charge in [0.25, 0.3) is 5.91 Å². The van der Waals surface area contributed by atoms with Gasteiger partial charge in [-0.05, 0) is 24.5 Å². The smallest absolute Gasteiger partial charge is 0.257 e. The fourth-order valence-corrected chi connectivity index (χ4v) is 3.31. The van der Waals surface area contributed by atoms with Crippen LogP contribution in [0.1, 0.15) is 42.6 Å². The van der Waals surface area contributed by atoms with Crippen LogP contribution >= 0.6 is 22.9 Å². The number of amides is 1. The van der Waals surface area contributed by atoms with Crippen molar-refractivity contribution in [3.63, 3.8) is 0 Å². The van der Waals surface area contributed by atoms with Crippen LogP contribution < -0.4 is 14.8 Å². The fraction of sp³-hybridized carbons (Fsp3) is 0.471. The van der Waals surface area contributed by atoms with E-state index < -0.39 is 0 Å². The van der Waals surface area contributed by atoms with Gasteiger partial charge < -0.3 is 9.47 Å². The zero-order valence-corrected chi connectivity index (χ0v) is 16.3. The molecule has 2 rings (SSSR count). The Kier molecular flexibility index (Phi) is 7.01. The number of nitrogens with one attached hydrogen (secondary N) is 1. The third-order valence-corrected chi connectivity index (χ3v) is 4.35. The number of benzene rings is 1. The number of hydrogen-bond acceptors (Lipinski definition) is 6. The average Bonchev–Trinajstić information content (AvgIpc) is 2.99. The number of halogens is 1. The van der Waals surface area contributed by atoms with E-state index in [4.69, 9.17) is 21.1 Å². The molecule has 8 heteroatoms. The van der Waals surface area contributed by atoms with Gasteiger partial charge in [0.05, 0.1) is 18.7 Å². The number of aromatic nitrogens is 2. The van der Waals surface area contributed by atoms with Crippen LogP contribution in [-0.4, -0.2) is 29.8 Å². The maximum absolute atomic E-state index is 12.5. The van der Waals surface area contributed by atoms with Crippen LogP contribution in [0.2, 0.25) is 5.02 Å². The van der Waals surface area contributed by atoms with E-state index in [1.165, 1.54) is 18.4 Å². The fourth-order valence-electron chi connectivity index (χ4n) is 2.10. The Bertz CT molecular complexity index is 734. The minimum atomic E-state index is -0.325. The molecule has 0 fully saturated rings. The van der Waals surface area contributed by atoms with Crippen molar-refractivity contribution in [1.29, 1.82) is 0 Å². The molecule has 0 atom stereocenters. The molecule has 25 heavy (non-hydrogen) atoms. The number of carbonyl (C=O) groups excluding carboxylic acids is 1. The minimum Gasteiger partial charge on any atom is -0.493 e. The zero-order valence-electron chi connectivity index (χ0n) is 14.8. The first-order valence-electron chi connectivity index (χ1n) is 8.08. The number of ether oxygens (including phenoxy) is 2. The largest absolute Gasteiger partial charge is 0.493 e. The van der Waals surface area contributed by atoms with Gasteiger partial charge in [-0.3, -0.25) is 10.1 Å². The zero-order chi connectivity index (χ0) is 18.4. The third kappa shape index (κ3) is 5.31. The molecule has 0 spiro atoms. The van der Waals surface area contributed by atoms with E-state index >= 15 is 0 Å². The van der Waals surface area contributed by atoms with Crippen molar-refractivity contribution in [3.05, 3.63) is 27.7 Å². The highest BCUT2D eigenvalue weighted by Crippen LogP contribution is 2.36. The van der Waals surface area contributed by atoms with Gasteiger partial charge in [-0.15, -0.1) is 10.2 Å². The molecule has 0 radical (unpaired) electrons. The van der Waals surface area contributed by atoms with Crippen molar-refractivity contribution in [3.8, 4) is 11.5 Å². The van der Waals surface area contributed by atoms with Crippen LogP contribution in [0, 0.1) is 5.92 Å². The van der Waals surface area contributed by atoms with Crippen LogP contribution in [0.5, 0.6) is 11.5 Å². The molecule has 1 amide bonds. The third-order valence-electron chi connectivity index (χ3n) is 3.21. The Balaban J connectivity index is 2.16. The molecule has 1 aromatic carbocycles. The van der Waals surface area contributed by atoms with E-state index in [1.807, 2.05) is 6.92 Å². The maximum Gasteiger partial charge on any atom is 0.257 e. The van der Waals surface area contributed by atoms with Crippen LogP contribution in [0.4, 0.5) is 5.13 Å². The summed E-state index contributed by atoms with van der Waals surface area (Å²) < 4.78 is 10.9. The van der Waals surface area contributed by atoms with E-state index in [1.54, 1.807) is 12.1 Å². The molecule has 6 nitrogen and oxygen atoms in total. The van der Waals surface area contributed by atoms with Crippen molar-refractivity contribution in [2.24, 2.45) is 5.92 Å². The SMILES string of the molecule is CCCOc1c(Cl)cc(C(=O)Nc2nnc(CC(C)C)s2)cc1OC. The highest BCUT2D eigenvalue weighted by molar-refractivity contribution is 7.15. The number of carbonyl (C=O) groups is 1. The summed E-state index contributed by atoms with van der Waals surface area (Å²) in [6, 6.07) is 3.16. The molecule has 0 aliphatic carbocycles. The normalized spacial score (nSPS) is 10.8. The first-order chi connectivity index (χ1) is 11.9. The maximum atomic E-state index is 12.5. The van der Waals surface area contributed by atoms with Gasteiger partial charge in [-0.1, -0.05) is 43.7 Å². The number of rotatable bonds is 8. The summed E-state index contributed by atoms with van der Waals surface area (Å²) in [7, 11) is 1.51. The highest BCUT2D eigenvalue weighted by Gasteiger charge is 2.17. The van der Waals surface area contributed by atoms with Crippen LogP contribution in [-0.2, 0) is 6.42 Å². The Hall–Kier alpha value is -1.86. The lowest BCUT2D eigenvalue weighted by Crippen LogP contribution is -2.12. The van der Waals surface area contributed by atoms with Gasteiger partial charge in [0.15, 0.2) is 11.5 Å². The van der Waals surface area contributed by atoms with E-state index in [9.17, 15) is 4.79 Å². The Morgan fingerprint density at radius 3 is 2.76 bits per heavy atom. The Morgan fingerprint density at radius 2 is 2.12 bits per heavy atom. The molecule has 0 unspecified atom stereocenters. The van der Waals surface area contributed by atoms with E-state index in [0.29, 0.717) is 39.7 Å². The van der Waals surface area contributed by atoms with Crippen molar-refractivity contribution < 1.29 is 14.3 Å². The first-order valence-corrected chi connectivity index (χ1v) is 9.28. The van der Waals surface area contributed by atoms with Crippen molar-refractivity contribution >= 4 is 34.0 Å². The van der Waals surface area contributed by atoms with Gasteiger partial charge in [0, 0.05) is 12.0 Å². The molecule has 0 aliphatic heterocycles. The Labute approximate surface area is 156 Å². The number of methoxy groups -OCH3 is 1. The van der Waals surface area contributed by atoms with E-state index in [0.717, 1.165) is 17.8 Å². The van der Waals surface area contributed by atoms with Gasteiger partial charge in [0.2, 0.25) is 5.13 Å². The van der Waals surface area contributed by atoms with Crippen molar-refractivity contribution in [2.75, 3.05) is 19.0 Å². The molecule has 0 saturated heterocycles. The molecule has 0 aliphatic rings. The molecule has 1 aromatic heterocycles. The molecule has 0 saturated carbocycles. The average molecular weight is 384 g/mol. The van der Waals surface area contributed by atoms with Crippen molar-refractivity contribution in [2.45, 2.75) is 33.6 Å². The lowest BCUT2D eigenvalue weighted by molar-refractivity contribution is 0.102. The first kappa shape index (κ1) is 19.5. The van der Waals surface area contributed by atoms with Crippen molar-refractivity contribution in [1.82, 2.24) is 10.2 Å². The van der Waals surface area contributed by atoms with Crippen LogP contribution in [0.3, 0.4) is 0 Å². The minimum absolute atomic E-state index is 0.325. The standard InChI is InChI=1S/C17H22ClN3O3S/c1-5-6-24-15-12(18)8-11(9-13(15)23-4)16(22)19-17-21-20-14(25-17)7-10(2)3/h8-10H,5-7H2,1-4H3,(H,19,21,22). The topological polar surface area (TPSA) is 73.3 Å². The van der Waals surface area contributed by atoms with Gasteiger partial charge in [-0.25, -0.2) is 0 Å². The summed E-state index contributed by atoms with van der Waals surface area (Å²) in [5, 5.41) is 12.5. The number of nitrogens with zero attached hydrogens (tertiary/aromatic N) is 2. The molecule has 0 bridgehead atoms. The summed E-state index contributed by atoms with van der Waals surface area (Å²) in [6.07, 6.45) is 1.67. The van der Waals surface area contributed by atoms with Crippen LogP contribution in [0.15, 0.2) is 12.1 Å². The summed E-state index contributed by atoms with van der Waals surface area (Å²) in [4.78, 5) is 12.5. The lowest BCUT2D eigenvalue weighted by Gasteiger charge is -2.13. The molecule has 1 N–H and O–H groups in total. The molecule has 2 aromatic rings. The summed E-state index contributed by atoms with van der Waals surface area (Å²) in [6.45, 7) is 6.73. The molecular formula is C17H22ClN3O3S. The van der Waals surface area contributed by atoms with Crippen LogP contribution in [0.25, 0.3) is 0 Å². The molecular weight excluding hydrogens is 362 g/mol.